The Bertz CT molecular complexity index is 454. The number of halogens is 1. The van der Waals surface area contributed by atoms with Gasteiger partial charge in [-0.1, -0.05) is 12.1 Å². The van der Waals surface area contributed by atoms with Gasteiger partial charge in [-0.25, -0.2) is 0 Å². The molecule has 1 fully saturated rings. The highest BCUT2D eigenvalue weighted by Gasteiger charge is 2.43. The van der Waals surface area contributed by atoms with Crippen LogP contribution in [0.4, 0.5) is 0 Å². The number of thioether (sulfide) groups is 1. The van der Waals surface area contributed by atoms with E-state index in [-0.39, 0.29) is 5.54 Å². The third-order valence-corrected chi connectivity index (χ3v) is 6.14. The van der Waals surface area contributed by atoms with Crippen LogP contribution in [0.15, 0.2) is 33.6 Å². The highest BCUT2D eigenvalue weighted by Crippen LogP contribution is 2.46. The zero-order chi connectivity index (χ0) is 14.3. The first-order valence-corrected chi connectivity index (χ1v) is 8.52. The maximum Gasteiger partial charge on any atom is 0.0321 e. The van der Waals surface area contributed by atoms with E-state index in [1.165, 1.54) is 15.8 Å². The molecule has 2 atom stereocenters. The number of hydrogen-bond acceptors (Lipinski definition) is 2. The summed E-state index contributed by atoms with van der Waals surface area (Å²) < 4.78 is 1.51. The Morgan fingerprint density at radius 2 is 1.95 bits per heavy atom. The van der Waals surface area contributed by atoms with Crippen molar-refractivity contribution in [2.24, 2.45) is 0 Å². The van der Waals surface area contributed by atoms with Crippen molar-refractivity contribution in [3.05, 3.63) is 28.7 Å². The van der Waals surface area contributed by atoms with Crippen LogP contribution in [-0.4, -0.2) is 27.8 Å². The summed E-state index contributed by atoms with van der Waals surface area (Å²) in [7, 11) is 0. The minimum absolute atomic E-state index is 0.256. The van der Waals surface area contributed by atoms with Crippen molar-refractivity contribution in [1.29, 1.82) is 0 Å². The second-order valence-electron chi connectivity index (χ2n) is 6.83. The van der Waals surface area contributed by atoms with Crippen molar-refractivity contribution in [2.45, 2.75) is 62.3 Å². The second-order valence-corrected chi connectivity index (χ2v) is 9.32. The number of likely N-dealkylation sites (tertiary alicyclic amines) is 1. The lowest BCUT2D eigenvalue weighted by molar-refractivity contribution is 0.129. The first kappa shape index (κ1) is 15.4. The van der Waals surface area contributed by atoms with E-state index in [1.807, 2.05) is 11.8 Å². The van der Waals surface area contributed by atoms with E-state index in [2.05, 4.69) is 79.7 Å². The van der Waals surface area contributed by atoms with Crippen molar-refractivity contribution in [2.75, 3.05) is 6.54 Å². The van der Waals surface area contributed by atoms with Gasteiger partial charge in [-0.05, 0) is 69.1 Å². The fraction of sp³-hybridized carbons (Fsp3) is 0.625. The van der Waals surface area contributed by atoms with Gasteiger partial charge in [0.1, 0.15) is 0 Å². The van der Waals surface area contributed by atoms with Crippen molar-refractivity contribution in [1.82, 2.24) is 4.90 Å². The Morgan fingerprint density at radius 1 is 1.32 bits per heavy atom. The molecule has 0 amide bonds. The minimum Gasteiger partial charge on any atom is -0.294 e. The Morgan fingerprint density at radius 3 is 2.47 bits per heavy atom. The number of benzene rings is 1. The van der Waals surface area contributed by atoms with E-state index >= 15 is 0 Å². The van der Waals surface area contributed by atoms with Crippen molar-refractivity contribution >= 4 is 27.7 Å². The molecule has 0 unspecified atom stereocenters. The molecule has 1 aromatic carbocycles. The summed E-state index contributed by atoms with van der Waals surface area (Å²) in [5.41, 5.74) is 0.256. The van der Waals surface area contributed by atoms with Gasteiger partial charge in [-0.15, -0.1) is 11.8 Å². The van der Waals surface area contributed by atoms with E-state index in [4.69, 9.17) is 0 Å². The molecule has 2 rings (SSSR count). The normalized spacial score (nSPS) is 28.8. The molecule has 106 valence electrons. The third kappa shape index (κ3) is 3.56. The summed E-state index contributed by atoms with van der Waals surface area (Å²) in [6, 6.07) is 9.20. The van der Waals surface area contributed by atoms with Gasteiger partial charge in [-0.2, -0.15) is 0 Å². The lowest BCUT2D eigenvalue weighted by atomic mass is 10.1. The standard InChI is InChI=1S/C16H24BrNS/c1-12-10-16(5,11-18(12)15(2,3)4)19-14-9-7-6-8-13(14)17/h6-9,12H,10-11H2,1-5H3/t12-,16+/m0/s1. The summed E-state index contributed by atoms with van der Waals surface area (Å²) >= 11 is 5.68. The molecule has 0 N–H and O–H groups in total. The van der Waals surface area contributed by atoms with Crippen molar-refractivity contribution < 1.29 is 0 Å². The zero-order valence-corrected chi connectivity index (χ0v) is 14.9. The Kier molecular flexibility index (Phi) is 4.39. The maximum atomic E-state index is 3.66. The SMILES string of the molecule is C[C@H]1C[C@@](C)(Sc2ccccc2Br)CN1C(C)(C)C. The molecule has 0 spiro atoms. The van der Waals surface area contributed by atoms with Gasteiger partial charge < -0.3 is 0 Å². The van der Waals surface area contributed by atoms with Crippen LogP contribution in [0.2, 0.25) is 0 Å². The molecule has 1 aliphatic heterocycles. The second kappa shape index (κ2) is 5.42. The van der Waals surface area contributed by atoms with Gasteiger partial charge in [0.15, 0.2) is 0 Å². The summed E-state index contributed by atoms with van der Waals surface area (Å²) in [5.74, 6) is 0. The number of hydrogen-bond donors (Lipinski definition) is 0. The predicted octanol–water partition coefficient (Wildman–Crippen LogP) is 5.19. The van der Waals surface area contributed by atoms with Gasteiger partial charge in [0.25, 0.3) is 0 Å². The Labute approximate surface area is 130 Å². The van der Waals surface area contributed by atoms with Crippen LogP contribution < -0.4 is 0 Å². The smallest absolute Gasteiger partial charge is 0.0321 e. The van der Waals surface area contributed by atoms with Gasteiger partial charge in [0, 0.05) is 32.2 Å². The van der Waals surface area contributed by atoms with Crippen LogP contribution >= 0.6 is 27.7 Å². The topological polar surface area (TPSA) is 3.24 Å². The van der Waals surface area contributed by atoms with Crippen LogP contribution in [-0.2, 0) is 0 Å². The molecule has 1 saturated heterocycles. The number of nitrogens with zero attached hydrogens (tertiary/aromatic N) is 1. The molecule has 0 saturated carbocycles. The molecule has 1 aliphatic rings. The molecular weight excluding hydrogens is 318 g/mol. The quantitative estimate of drug-likeness (QED) is 0.727. The van der Waals surface area contributed by atoms with E-state index in [0.717, 1.165) is 6.54 Å². The van der Waals surface area contributed by atoms with Crippen LogP contribution in [0.5, 0.6) is 0 Å². The van der Waals surface area contributed by atoms with Gasteiger partial charge in [-0.3, -0.25) is 4.90 Å². The molecule has 19 heavy (non-hydrogen) atoms. The average molecular weight is 342 g/mol. The van der Waals surface area contributed by atoms with Crippen LogP contribution in [0.1, 0.15) is 41.0 Å². The van der Waals surface area contributed by atoms with E-state index in [9.17, 15) is 0 Å². The predicted molar refractivity (Wildman–Crippen MR) is 88.9 cm³/mol. The average Bonchev–Trinajstić information content (AvgIpc) is 2.57. The van der Waals surface area contributed by atoms with Crippen LogP contribution in [0.25, 0.3) is 0 Å². The molecule has 1 nitrogen and oxygen atoms in total. The fourth-order valence-corrected chi connectivity index (χ4v) is 4.98. The van der Waals surface area contributed by atoms with Crippen LogP contribution in [0, 0.1) is 0 Å². The monoisotopic (exact) mass is 341 g/mol. The summed E-state index contributed by atoms with van der Waals surface area (Å²) in [5, 5.41) is 0. The summed E-state index contributed by atoms with van der Waals surface area (Å²) in [6.45, 7) is 12.9. The van der Waals surface area contributed by atoms with Gasteiger partial charge in [0.2, 0.25) is 0 Å². The summed E-state index contributed by atoms with van der Waals surface area (Å²) in [4.78, 5) is 3.99. The molecule has 1 aromatic rings. The van der Waals surface area contributed by atoms with Crippen molar-refractivity contribution in [3.8, 4) is 0 Å². The zero-order valence-electron chi connectivity index (χ0n) is 12.5. The molecular formula is C16H24BrNS. The van der Waals surface area contributed by atoms with E-state index < -0.39 is 0 Å². The highest BCUT2D eigenvalue weighted by molar-refractivity contribution is 9.10. The van der Waals surface area contributed by atoms with Crippen LogP contribution in [0.3, 0.4) is 0 Å². The molecule has 0 bridgehead atoms. The van der Waals surface area contributed by atoms with E-state index in [1.54, 1.807) is 0 Å². The largest absolute Gasteiger partial charge is 0.294 e. The van der Waals surface area contributed by atoms with Gasteiger partial charge >= 0.3 is 0 Å². The molecule has 0 aliphatic carbocycles. The van der Waals surface area contributed by atoms with E-state index in [0.29, 0.717) is 10.8 Å². The maximum absolute atomic E-state index is 3.66. The lowest BCUT2D eigenvalue weighted by Crippen LogP contribution is -2.44. The first-order valence-electron chi connectivity index (χ1n) is 6.92. The third-order valence-electron chi connectivity index (χ3n) is 3.82. The number of rotatable bonds is 2. The summed E-state index contributed by atoms with van der Waals surface area (Å²) in [6.07, 6.45) is 1.25. The fourth-order valence-electron chi connectivity index (χ4n) is 3.08. The molecule has 0 radical (unpaired) electrons. The Hall–Kier alpha value is 0.01000. The Balaban J connectivity index is 2.16. The van der Waals surface area contributed by atoms with Gasteiger partial charge in [0.05, 0.1) is 0 Å². The first-order chi connectivity index (χ1) is 8.71. The molecule has 3 heteroatoms. The molecule has 1 heterocycles. The lowest BCUT2D eigenvalue weighted by Gasteiger charge is -2.36. The minimum atomic E-state index is 0.256. The highest BCUT2D eigenvalue weighted by atomic mass is 79.9. The van der Waals surface area contributed by atoms with Crippen molar-refractivity contribution in [3.63, 3.8) is 0 Å². The molecule has 0 aromatic heterocycles.